The van der Waals surface area contributed by atoms with Gasteiger partial charge in [-0.3, -0.25) is 4.79 Å². The van der Waals surface area contributed by atoms with Gasteiger partial charge in [0, 0.05) is 18.8 Å². The van der Waals surface area contributed by atoms with Crippen molar-refractivity contribution in [2.24, 2.45) is 11.7 Å². The Bertz CT molecular complexity index is 425. The number of carbonyl (C=O) groups is 1. The number of benzene rings is 1. The maximum Gasteiger partial charge on any atom is 0.222 e. The molecule has 1 aromatic rings. The van der Waals surface area contributed by atoms with E-state index in [4.69, 9.17) is 5.73 Å². The topological polar surface area (TPSA) is 46.3 Å². The molecule has 1 aliphatic heterocycles. The number of halogens is 2. The van der Waals surface area contributed by atoms with Gasteiger partial charge in [0.25, 0.3) is 0 Å². The fourth-order valence-electron chi connectivity index (χ4n) is 2.05. The molecule has 0 spiro atoms. The van der Waals surface area contributed by atoms with Gasteiger partial charge in [0.1, 0.15) is 5.82 Å². The second-order valence-corrected chi connectivity index (χ2v) is 4.27. The van der Waals surface area contributed by atoms with E-state index in [0.29, 0.717) is 12.1 Å². The molecule has 94 valence electrons. The van der Waals surface area contributed by atoms with E-state index in [1.807, 2.05) is 0 Å². The number of aryl methyl sites for hydroxylation is 1. The zero-order valence-corrected chi connectivity index (χ0v) is 10.5. The monoisotopic (exact) mass is 258 g/mol. The molecule has 1 amide bonds. The summed E-state index contributed by atoms with van der Waals surface area (Å²) in [6.45, 7) is 3.18. The summed E-state index contributed by atoms with van der Waals surface area (Å²) >= 11 is 0. The lowest BCUT2D eigenvalue weighted by Gasteiger charge is -2.18. The lowest BCUT2D eigenvalue weighted by atomic mass is 10.1. The average Bonchev–Trinajstić information content (AvgIpc) is 2.71. The lowest BCUT2D eigenvalue weighted by Crippen LogP contribution is -2.27. The van der Waals surface area contributed by atoms with Crippen LogP contribution in [0.3, 0.4) is 0 Å². The molecule has 3 nitrogen and oxygen atoms in total. The van der Waals surface area contributed by atoms with Crippen LogP contribution in [-0.4, -0.2) is 19.0 Å². The van der Waals surface area contributed by atoms with E-state index in [0.717, 1.165) is 18.7 Å². The fraction of sp³-hybridized carbons (Fsp3) is 0.417. The first-order valence-electron chi connectivity index (χ1n) is 5.38. The predicted molar refractivity (Wildman–Crippen MR) is 67.9 cm³/mol. The standard InChI is InChI=1S/C12H15FN2O.ClH/c1-8-6-10(2-3-11(8)13)15-5-4-9(7-15)12(14)16;/h2-3,6,9H,4-5,7H2,1H3,(H2,14,16);1H. The van der Waals surface area contributed by atoms with Crippen LogP contribution in [-0.2, 0) is 4.79 Å². The van der Waals surface area contributed by atoms with Crippen LogP contribution in [0.5, 0.6) is 0 Å². The van der Waals surface area contributed by atoms with Gasteiger partial charge in [-0.2, -0.15) is 0 Å². The van der Waals surface area contributed by atoms with Crippen molar-refractivity contribution in [1.29, 1.82) is 0 Å². The molecule has 0 aromatic heterocycles. The van der Waals surface area contributed by atoms with Gasteiger partial charge in [-0.1, -0.05) is 0 Å². The molecule has 1 aromatic carbocycles. The number of nitrogens with zero attached hydrogens (tertiary/aromatic N) is 1. The molecule has 17 heavy (non-hydrogen) atoms. The molecule has 0 saturated carbocycles. The van der Waals surface area contributed by atoms with E-state index in [9.17, 15) is 9.18 Å². The molecule has 5 heteroatoms. The van der Waals surface area contributed by atoms with Gasteiger partial charge >= 0.3 is 0 Å². The molecule has 2 N–H and O–H groups in total. The van der Waals surface area contributed by atoms with Crippen LogP contribution in [0.15, 0.2) is 18.2 Å². The highest BCUT2D eigenvalue weighted by molar-refractivity contribution is 5.85. The SMILES string of the molecule is Cc1cc(N2CCC(C(N)=O)C2)ccc1F.Cl. The maximum absolute atomic E-state index is 13.1. The average molecular weight is 259 g/mol. The summed E-state index contributed by atoms with van der Waals surface area (Å²) < 4.78 is 13.1. The number of primary amides is 1. The van der Waals surface area contributed by atoms with Crippen LogP contribution in [0.4, 0.5) is 10.1 Å². The number of hydrogen-bond donors (Lipinski definition) is 1. The van der Waals surface area contributed by atoms with Crippen molar-refractivity contribution in [1.82, 2.24) is 0 Å². The predicted octanol–water partition coefficient (Wildman–Crippen LogP) is 1.87. The Hall–Kier alpha value is -1.29. The fourth-order valence-corrected chi connectivity index (χ4v) is 2.05. The van der Waals surface area contributed by atoms with E-state index in [-0.39, 0.29) is 30.0 Å². The molecular formula is C12H16ClFN2O. The third-order valence-electron chi connectivity index (χ3n) is 3.10. The Balaban J connectivity index is 0.00000144. The van der Waals surface area contributed by atoms with Crippen LogP contribution < -0.4 is 10.6 Å². The minimum atomic E-state index is -0.249. The molecule has 1 aliphatic rings. The minimum absolute atomic E-state index is 0. The van der Waals surface area contributed by atoms with E-state index in [1.165, 1.54) is 6.07 Å². The first-order chi connectivity index (χ1) is 7.58. The number of nitrogens with two attached hydrogens (primary N) is 1. The first kappa shape index (κ1) is 13.8. The highest BCUT2D eigenvalue weighted by atomic mass is 35.5. The molecule has 1 saturated heterocycles. The number of anilines is 1. The van der Waals surface area contributed by atoms with Gasteiger partial charge in [-0.25, -0.2) is 4.39 Å². The highest BCUT2D eigenvalue weighted by Gasteiger charge is 2.26. The summed E-state index contributed by atoms with van der Waals surface area (Å²) in [6.07, 6.45) is 0.783. The molecule has 1 atom stereocenters. The van der Waals surface area contributed by atoms with Gasteiger partial charge in [-0.15, -0.1) is 12.4 Å². The second kappa shape index (κ2) is 5.36. The summed E-state index contributed by atoms with van der Waals surface area (Å²) in [5, 5.41) is 0. The third kappa shape index (κ3) is 2.88. The maximum atomic E-state index is 13.1. The molecule has 0 aliphatic carbocycles. The van der Waals surface area contributed by atoms with Crippen molar-refractivity contribution in [3.8, 4) is 0 Å². The van der Waals surface area contributed by atoms with E-state index < -0.39 is 0 Å². The van der Waals surface area contributed by atoms with E-state index in [1.54, 1.807) is 19.1 Å². The Morgan fingerprint density at radius 2 is 2.24 bits per heavy atom. The molecule has 1 unspecified atom stereocenters. The van der Waals surface area contributed by atoms with Crippen molar-refractivity contribution in [3.05, 3.63) is 29.6 Å². The van der Waals surface area contributed by atoms with Gasteiger partial charge < -0.3 is 10.6 Å². The van der Waals surface area contributed by atoms with Crippen LogP contribution >= 0.6 is 12.4 Å². The molecular weight excluding hydrogens is 243 g/mol. The van der Waals surface area contributed by atoms with Crippen molar-refractivity contribution >= 4 is 24.0 Å². The number of carbonyl (C=O) groups excluding carboxylic acids is 1. The summed E-state index contributed by atoms with van der Waals surface area (Å²) in [5.74, 6) is -0.527. The largest absolute Gasteiger partial charge is 0.371 e. The molecule has 1 fully saturated rings. The quantitative estimate of drug-likeness (QED) is 0.880. The van der Waals surface area contributed by atoms with Crippen molar-refractivity contribution < 1.29 is 9.18 Å². The Labute approximate surface area is 106 Å². The van der Waals surface area contributed by atoms with Gasteiger partial charge in [0.2, 0.25) is 5.91 Å². The van der Waals surface area contributed by atoms with Gasteiger partial charge in [-0.05, 0) is 37.1 Å². The normalized spacial score (nSPS) is 18.9. The highest BCUT2D eigenvalue weighted by Crippen LogP contribution is 2.25. The van der Waals surface area contributed by atoms with Crippen molar-refractivity contribution in [2.45, 2.75) is 13.3 Å². The van der Waals surface area contributed by atoms with Crippen molar-refractivity contribution in [3.63, 3.8) is 0 Å². The number of hydrogen-bond acceptors (Lipinski definition) is 2. The van der Waals surface area contributed by atoms with Gasteiger partial charge in [0.15, 0.2) is 0 Å². The minimum Gasteiger partial charge on any atom is -0.371 e. The first-order valence-corrected chi connectivity index (χ1v) is 5.38. The molecule has 2 rings (SSSR count). The Morgan fingerprint density at radius 1 is 1.53 bits per heavy atom. The van der Waals surface area contributed by atoms with Crippen LogP contribution in [0.25, 0.3) is 0 Å². The second-order valence-electron chi connectivity index (χ2n) is 4.27. The van der Waals surface area contributed by atoms with E-state index >= 15 is 0 Å². The zero-order chi connectivity index (χ0) is 11.7. The van der Waals surface area contributed by atoms with Crippen molar-refractivity contribution in [2.75, 3.05) is 18.0 Å². The van der Waals surface area contributed by atoms with Crippen LogP contribution in [0.2, 0.25) is 0 Å². The number of amides is 1. The number of rotatable bonds is 2. The summed E-state index contributed by atoms with van der Waals surface area (Å²) in [5.41, 5.74) is 6.85. The molecule has 1 heterocycles. The summed E-state index contributed by atoms with van der Waals surface area (Å²) in [7, 11) is 0. The Kier molecular flexibility index (Phi) is 4.34. The third-order valence-corrected chi connectivity index (χ3v) is 3.10. The summed E-state index contributed by atoms with van der Waals surface area (Å²) in [4.78, 5) is 13.1. The molecule has 0 bridgehead atoms. The Morgan fingerprint density at radius 3 is 2.76 bits per heavy atom. The smallest absolute Gasteiger partial charge is 0.222 e. The summed E-state index contributed by atoms with van der Waals surface area (Å²) in [6, 6.07) is 5.01. The zero-order valence-electron chi connectivity index (χ0n) is 9.65. The van der Waals surface area contributed by atoms with Crippen LogP contribution in [0.1, 0.15) is 12.0 Å². The lowest BCUT2D eigenvalue weighted by molar-refractivity contribution is -0.121. The molecule has 0 radical (unpaired) electrons. The van der Waals surface area contributed by atoms with Crippen LogP contribution in [0, 0.1) is 18.7 Å². The van der Waals surface area contributed by atoms with E-state index in [2.05, 4.69) is 4.90 Å². The van der Waals surface area contributed by atoms with Gasteiger partial charge in [0.05, 0.1) is 5.92 Å².